The van der Waals surface area contributed by atoms with Crippen LogP contribution in [-0.2, 0) is 6.54 Å². The lowest BCUT2D eigenvalue weighted by Crippen LogP contribution is -2.07. The highest BCUT2D eigenvalue weighted by molar-refractivity contribution is 9.10. The van der Waals surface area contributed by atoms with E-state index in [-0.39, 0.29) is 5.78 Å². The highest BCUT2D eigenvalue weighted by Crippen LogP contribution is 2.22. The molecule has 0 spiro atoms. The summed E-state index contributed by atoms with van der Waals surface area (Å²) >= 11 is 3.40. The Morgan fingerprint density at radius 3 is 2.62 bits per heavy atom. The zero-order valence-corrected chi connectivity index (χ0v) is 14.8. The van der Waals surface area contributed by atoms with Gasteiger partial charge < -0.3 is 4.74 Å². The summed E-state index contributed by atoms with van der Waals surface area (Å²) in [7, 11) is 1.59. The van der Waals surface area contributed by atoms with Crippen molar-refractivity contribution in [3.05, 3.63) is 58.1 Å². The smallest absolute Gasteiger partial charge is 0.204 e. The summed E-state index contributed by atoms with van der Waals surface area (Å²) in [6.45, 7) is 1.90. The first kappa shape index (κ1) is 16.3. The number of methoxy groups -OCH3 is 1. The molecule has 3 aromatic rings. The molecule has 0 N–H and O–H groups in total. The van der Waals surface area contributed by atoms with E-state index < -0.39 is 0 Å². The van der Waals surface area contributed by atoms with E-state index in [1.54, 1.807) is 25.3 Å². The molecule has 0 amide bonds. The predicted octanol–water partition coefficient (Wildman–Crippen LogP) is 3.36. The minimum atomic E-state index is 0.000930. The van der Waals surface area contributed by atoms with Crippen LogP contribution in [0, 0.1) is 0 Å². The minimum Gasteiger partial charge on any atom is -0.496 e. The maximum atomic E-state index is 11.6. The maximum absolute atomic E-state index is 11.6. The van der Waals surface area contributed by atoms with Gasteiger partial charge in [0.1, 0.15) is 5.75 Å². The second kappa shape index (κ2) is 6.92. The maximum Gasteiger partial charge on any atom is 0.204 e. The Labute approximate surface area is 147 Å². The van der Waals surface area contributed by atoms with Crippen LogP contribution in [0.3, 0.4) is 0 Å². The van der Waals surface area contributed by atoms with Crippen molar-refractivity contribution >= 4 is 21.7 Å². The fourth-order valence-electron chi connectivity index (χ4n) is 2.30. The normalized spacial score (nSPS) is 10.6. The van der Waals surface area contributed by atoms with Crippen LogP contribution in [-0.4, -0.2) is 33.1 Å². The summed E-state index contributed by atoms with van der Waals surface area (Å²) < 4.78 is 6.34. The Kier molecular flexibility index (Phi) is 4.71. The van der Waals surface area contributed by atoms with Gasteiger partial charge in [0.05, 0.1) is 13.7 Å². The molecule has 6 nitrogen and oxygen atoms in total. The summed E-state index contributed by atoms with van der Waals surface area (Å²) in [6.07, 6.45) is 0. The van der Waals surface area contributed by atoms with Gasteiger partial charge in [-0.25, -0.2) is 0 Å². The highest BCUT2D eigenvalue weighted by Gasteiger charge is 2.11. The summed E-state index contributed by atoms with van der Waals surface area (Å²) in [4.78, 5) is 13.1. The summed E-state index contributed by atoms with van der Waals surface area (Å²) in [5.74, 6) is 1.23. The number of nitrogens with zero attached hydrogens (tertiary/aromatic N) is 4. The van der Waals surface area contributed by atoms with Gasteiger partial charge in [0.25, 0.3) is 0 Å². The summed E-state index contributed by atoms with van der Waals surface area (Å²) in [5.41, 5.74) is 2.33. The Morgan fingerprint density at radius 1 is 1.21 bits per heavy atom. The number of ketones is 1. The number of rotatable bonds is 5. The number of hydrogen-bond donors (Lipinski definition) is 0. The third kappa shape index (κ3) is 3.51. The molecule has 3 rings (SSSR count). The molecule has 0 bridgehead atoms. The largest absolute Gasteiger partial charge is 0.496 e. The number of benzene rings is 2. The molecule has 0 radical (unpaired) electrons. The lowest BCUT2D eigenvalue weighted by molar-refractivity contribution is 0.101. The van der Waals surface area contributed by atoms with Crippen LogP contribution in [0.1, 0.15) is 22.8 Å². The Balaban J connectivity index is 1.88. The standard InChI is InChI=1S/C17H15BrN4O2/c1-11(23)13-5-8-16(24-2)14(9-13)10-22-20-17(19-21-22)12-3-6-15(18)7-4-12/h3-9H,10H2,1-2H3. The van der Waals surface area contributed by atoms with Crippen LogP contribution < -0.4 is 4.74 Å². The molecular formula is C17H15BrN4O2. The summed E-state index contributed by atoms with van der Waals surface area (Å²) in [5, 5.41) is 12.6. The number of ether oxygens (including phenoxy) is 1. The fourth-order valence-corrected chi connectivity index (χ4v) is 2.56. The molecule has 122 valence electrons. The van der Waals surface area contributed by atoms with Crippen molar-refractivity contribution in [2.45, 2.75) is 13.5 Å². The lowest BCUT2D eigenvalue weighted by atomic mass is 10.1. The molecule has 24 heavy (non-hydrogen) atoms. The SMILES string of the molecule is COc1ccc(C(C)=O)cc1Cn1nnc(-c2ccc(Br)cc2)n1. The van der Waals surface area contributed by atoms with Crippen molar-refractivity contribution in [2.24, 2.45) is 0 Å². The van der Waals surface area contributed by atoms with Gasteiger partial charge in [-0.2, -0.15) is 4.80 Å². The van der Waals surface area contributed by atoms with Crippen LogP contribution in [0.2, 0.25) is 0 Å². The molecule has 0 aliphatic rings. The molecule has 0 unspecified atom stereocenters. The lowest BCUT2D eigenvalue weighted by Gasteiger charge is -2.09. The fraction of sp³-hybridized carbons (Fsp3) is 0.176. The van der Waals surface area contributed by atoms with E-state index in [4.69, 9.17) is 4.74 Å². The molecule has 1 heterocycles. The van der Waals surface area contributed by atoms with E-state index in [9.17, 15) is 4.79 Å². The second-order valence-electron chi connectivity index (χ2n) is 5.23. The molecule has 0 aliphatic carbocycles. The average molecular weight is 387 g/mol. The molecule has 0 saturated carbocycles. The zero-order valence-electron chi connectivity index (χ0n) is 13.2. The van der Waals surface area contributed by atoms with Gasteiger partial charge in [-0.3, -0.25) is 4.79 Å². The number of carbonyl (C=O) groups is 1. The number of halogens is 1. The van der Waals surface area contributed by atoms with E-state index >= 15 is 0 Å². The molecule has 0 atom stereocenters. The van der Waals surface area contributed by atoms with Crippen LogP contribution in [0.5, 0.6) is 5.75 Å². The van der Waals surface area contributed by atoms with Gasteiger partial charge in [-0.15, -0.1) is 10.2 Å². The first-order valence-corrected chi connectivity index (χ1v) is 8.07. The zero-order chi connectivity index (χ0) is 17.1. The number of carbonyl (C=O) groups excluding carboxylic acids is 1. The first-order valence-electron chi connectivity index (χ1n) is 7.28. The van der Waals surface area contributed by atoms with Crippen molar-refractivity contribution in [2.75, 3.05) is 7.11 Å². The van der Waals surface area contributed by atoms with Gasteiger partial charge in [-0.05, 0) is 54.6 Å². The van der Waals surface area contributed by atoms with Crippen LogP contribution in [0.4, 0.5) is 0 Å². The third-order valence-electron chi connectivity index (χ3n) is 3.55. The van der Waals surface area contributed by atoms with Crippen LogP contribution in [0.15, 0.2) is 46.9 Å². The Bertz CT molecular complexity index is 875. The second-order valence-corrected chi connectivity index (χ2v) is 6.15. The number of aromatic nitrogens is 4. The minimum absolute atomic E-state index is 0.000930. The van der Waals surface area contributed by atoms with Crippen molar-refractivity contribution in [3.63, 3.8) is 0 Å². The first-order chi connectivity index (χ1) is 11.6. The van der Waals surface area contributed by atoms with Gasteiger partial charge in [-0.1, -0.05) is 15.9 Å². The van der Waals surface area contributed by atoms with Crippen molar-refractivity contribution in [1.29, 1.82) is 0 Å². The Hall–Kier alpha value is -2.54. The predicted molar refractivity (Wildman–Crippen MR) is 93.1 cm³/mol. The van der Waals surface area contributed by atoms with E-state index in [0.717, 1.165) is 15.6 Å². The number of Topliss-reactive ketones (excluding diaryl/α,β-unsaturated/α-hetero) is 1. The van der Waals surface area contributed by atoms with E-state index in [0.29, 0.717) is 23.7 Å². The van der Waals surface area contributed by atoms with E-state index in [2.05, 4.69) is 31.3 Å². The van der Waals surface area contributed by atoms with Crippen molar-refractivity contribution < 1.29 is 9.53 Å². The van der Waals surface area contributed by atoms with Crippen molar-refractivity contribution in [3.8, 4) is 17.1 Å². The molecule has 0 aliphatic heterocycles. The number of tetrazole rings is 1. The van der Waals surface area contributed by atoms with E-state index in [1.807, 2.05) is 24.3 Å². The monoisotopic (exact) mass is 386 g/mol. The van der Waals surface area contributed by atoms with Gasteiger partial charge in [0.2, 0.25) is 5.82 Å². The molecule has 7 heteroatoms. The third-order valence-corrected chi connectivity index (χ3v) is 4.08. The topological polar surface area (TPSA) is 69.9 Å². The van der Waals surface area contributed by atoms with Crippen LogP contribution in [0.25, 0.3) is 11.4 Å². The Morgan fingerprint density at radius 2 is 1.96 bits per heavy atom. The quantitative estimate of drug-likeness (QED) is 0.628. The highest BCUT2D eigenvalue weighted by atomic mass is 79.9. The molecule has 2 aromatic carbocycles. The summed E-state index contributed by atoms with van der Waals surface area (Å²) in [6, 6.07) is 13.0. The van der Waals surface area contributed by atoms with Gasteiger partial charge in [0, 0.05) is 21.2 Å². The molecular weight excluding hydrogens is 372 g/mol. The molecule has 0 saturated heterocycles. The average Bonchev–Trinajstić information content (AvgIpc) is 3.04. The van der Waals surface area contributed by atoms with Crippen molar-refractivity contribution in [1.82, 2.24) is 20.2 Å². The number of hydrogen-bond acceptors (Lipinski definition) is 5. The molecule has 0 fully saturated rings. The van der Waals surface area contributed by atoms with Gasteiger partial charge in [0.15, 0.2) is 5.78 Å². The van der Waals surface area contributed by atoms with Crippen LogP contribution >= 0.6 is 15.9 Å². The molecule has 1 aromatic heterocycles. The van der Waals surface area contributed by atoms with Gasteiger partial charge >= 0.3 is 0 Å². The van der Waals surface area contributed by atoms with E-state index in [1.165, 1.54) is 11.7 Å².